The fraction of sp³-hybridized carbons (Fsp3) is 0.321. The molecule has 0 unspecified atom stereocenters. The van der Waals surface area contributed by atoms with Crippen molar-refractivity contribution in [2.75, 3.05) is 18.2 Å². The average Bonchev–Trinajstić information content (AvgIpc) is 2.83. The van der Waals surface area contributed by atoms with Gasteiger partial charge in [-0.1, -0.05) is 24.3 Å². The van der Waals surface area contributed by atoms with E-state index in [1.165, 1.54) is 4.57 Å². The number of amides is 2. The molecule has 9 nitrogen and oxygen atoms in total. The van der Waals surface area contributed by atoms with Gasteiger partial charge in [0.15, 0.2) is 0 Å². The molecular weight excluding hydrogens is 472 g/mol. The molecule has 1 aromatic heterocycles. The Bertz CT molecular complexity index is 1290. The van der Waals surface area contributed by atoms with Crippen LogP contribution in [0.2, 0.25) is 0 Å². The van der Waals surface area contributed by atoms with E-state index in [-0.39, 0.29) is 17.7 Å². The highest BCUT2D eigenvalue weighted by molar-refractivity contribution is 5.97. The monoisotopic (exact) mass is 506 g/mol. The molecule has 4 N–H and O–H groups in total. The lowest BCUT2D eigenvalue weighted by Crippen LogP contribution is -2.47. The lowest BCUT2D eigenvalue weighted by atomic mass is 10.0. The maximum absolute atomic E-state index is 13.4. The van der Waals surface area contributed by atoms with Crippen molar-refractivity contribution in [2.24, 2.45) is 0 Å². The molecule has 0 aliphatic carbocycles. The number of nitrogens with zero attached hydrogens (tertiary/aromatic N) is 1. The molecule has 3 rings (SSSR count). The number of aromatic nitrogens is 1. The van der Waals surface area contributed by atoms with Crippen LogP contribution in [0, 0.1) is 6.92 Å². The molecule has 0 radical (unpaired) electrons. The molecule has 9 heteroatoms. The lowest BCUT2D eigenvalue weighted by molar-refractivity contribution is -0.118. The highest BCUT2D eigenvalue weighted by Gasteiger charge is 2.26. The quantitative estimate of drug-likeness (QED) is 0.399. The van der Waals surface area contributed by atoms with Gasteiger partial charge in [0, 0.05) is 18.3 Å². The van der Waals surface area contributed by atoms with Gasteiger partial charge in [-0.3, -0.25) is 9.59 Å². The second-order valence-corrected chi connectivity index (χ2v) is 9.79. The van der Waals surface area contributed by atoms with Gasteiger partial charge >= 0.3 is 6.09 Å². The normalized spacial score (nSPS) is 11.9. The number of hydrogen-bond donors (Lipinski definition) is 3. The van der Waals surface area contributed by atoms with Gasteiger partial charge in [0.25, 0.3) is 5.56 Å². The van der Waals surface area contributed by atoms with E-state index < -0.39 is 23.6 Å². The molecule has 1 atom stereocenters. The van der Waals surface area contributed by atoms with E-state index in [0.717, 1.165) is 16.9 Å². The number of aryl methyl sites for hydroxylation is 1. The Morgan fingerprint density at radius 2 is 1.62 bits per heavy atom. The van der Waals surface area contributed by atoms with E-state index in [2.05, 4.69) is 10.6 Å². The summed E-state index contributed by atoms with van der Waals surface area (Å²) in [7, 11) is 1.59. The van der Waals surface area contributed by atoms with Crippen molar-refractivity contribution in [2.45, 2.75) is 52.3 Å². The van der Waals surface area contributed by atoms with Crippen molar-refractivity contribution in [1.82, 2.24) is 9.88 Å². The molecule has 0 aliphatic heterocycles. The number of nitrogen functional groups attached to an aromatic ring is 1. The third-order valence-corrected chi connectivity index (χ3v) is 5.56. The summed E-state index contributed by atoms with van der Waals surface area (Å²) in [5, 5.41) is 5.37. The first-order chi connectivity index (χ1) is 17.4. The lowest BCUT2D eigenvalue weighted by Gasteiger charge is -2.23. The third-order valence-electron chi connectivity index (χ3n) is 5.56. The topological polar surface area (TPSA) is 125 Å². The number of ether oxygens (including phenoxy) is 2. The summed E-state index contributed by atoms with van der Waals surface area (Å²) in [4.78, 5) is 39.1. The van der Waals surface area contributed by atoms with E-state index in [9.17, 15) is 14.4 Å². The second kappa shape index (κ2) is 11.6. The van der Waals surface area contributed by atoms with Crippen LogP contribution in [-0.4, -0.2) is 35.3 Å². The molecule has 0 aliphatic rings. The van der Waals surface area contributed by atoms with Gasteiger partial charge in [-0.05, 0) is 74.7 Å². The van der Waals surface area contributed by atoms with Crippen LogP contribution in [0.5, 0.6) is 5.75 Å². The van der Waals surface area contributed by atoms with Crippen molar-refractivity contribution < 1.29 is 19.1 Å². The van der Waals surface area contributed by atoms with Crippen molar-refractivity contribution >= 4 is 23.4 Å². The first-order valence-electron chi connectivity index (χ1n) is 11.9. The minimum absolute atomic E-state index is 0.148. The summed E-state index contributed by atoms with van der Waals surface area (Å²) in [5.41, 5.74) is 7.70. The zero-order valence-corrected chi connectivity index (χ0v) is 21.8. The van der Waals surface area contributed by atoms with Crippen LogP contribution in [0.4, 0.5) is 16.2 Å². The molecule has 2 aromatic carbocycles. The Hall–Kier alpha value is -4.27. The third kappa shape index (κ3) is 7.86. The highest BCUT2D eigenvalue weighted by atomic mass is 16.6. The van der Waals surface area contributed by atoms with Gasteiger partial charge in [0.05, 0.1) is 13.7 Å². The molecule has 0 spiro atoms. The summed E-state index contributed by atoms with van der Waals surface area (Å²) in [6, 6.07) is 15.2. The molecule has 0 bridgehead atoms. The summed E-state index contributed by atoms with van der Waals surface area (Å²) in [5.74, 6) is 0.183. The molecule has 3 aromatic rings. The van der Waals surface area contributed by atoms with Crippen molar-refractivity contribution in [3.63, 3.8) is 0 Å². The average molecular weight is 507 g/mol. The molecule has 1 heterocycles. The Balaban J connectivity index is 1.84. The fourth-order valence-electron chi connectivity index (χ4n) is 3.63. The zero-order chi connectivity index (χ0) is 27.2. The summed E-state index contributed by atoms with van der Waals surface area (Å²) >= 11 is 0. The number of pyridine rings is 1. The number of nitrogens with two attached hydrogens (primary N) is 1. The summed E-state index contributed by atoms with van der Waals surface area (Å²) in [6.45, 7) is 7.27. The minimum Gasteiger partial charge on any atom is -0.497 e. The Morgan fingerprint density at radius 1 is 1.00 bits per heavy atom. The summed E-state index contributed by atoms with van der Waals surface area (Å²) < 4.78 is 12.1. The van der Waals surface area contributed by atoms with Gasteiger partial charge < -0.3 is 30.4 Å². The van der Waals surface area contributed by atoms with Gasteiger partial charge in [-0.25, -0.2) is 4.79 Å². The SMILES string of the molecule is COc1ccc(Cn2ccc(C)c(NC(=O)[C@H](Cc3ccc(N)cc3)NC(=O)OC(C)(C)C)c2=O)cc1. The van der Waals surface area contributed by atoms with Crippen LogP contribution in [0.15, 0.2) is 65.6 Å². The maximum atomic E-state index is 13.4. The van der Waals surface area contributed by atoms with Crippen LogP contribution in [-0.2, 0) is 22.5 Å². The van der Waals surface area contributed by atoms with E-state index >= 15 is 0 Å². The predicted octanol–water partition coefficient (Wildman–Crippen LogP) is 3.87. The van der Waals surface area contributed by atoms with Gasteiger partial charge in [0.1, 0.15) is 23.1 Å². The minimum atomic E-state index is -0.993. The number of benzene rings is 2. The van der Waals surface area contributed by atoms with Crippen LogP contribution >= 0.6 is 0 Å². The molecule has 0 fully saturated rings. The molecule has 196 valence electrons. The Morgan fingerprint density at radius 3 is 2.22 bits per heavy atom. The van der Waals surface area contributed by atoms with E-state index in [1.807, 2.05) is 24.3 Å². The number of nitrogens with one attached hydrogen (secondary N) is 2. The van der Waals surface area contributed by atoms with Crippen LogP contribution in [0.3, 0.4) is 0 Å². The number of methoxy groups -OCH3 is 1. The van der Waals surface area contributed by atoms with Gasteiger partial charge in [-0.2, -0.15) is 0 Å². The Kier molecular flexibility index (Phi) is 8.60. The number of anilines is 2. The number of carbonyl (C=O) groups is 2. The van der Waals surface area contributed by atoms with E-state index in [4.69, 9.17) is 15.2 Å². The molecule has 0 saturated heterocycles. The van der Waals surface area contributed by atoms with Gasteiger partial charge in [-0.15, -0.1) is 0 Å². The van der Waals surface area contributed by atoms with E-state index in [0.29, 0.717) is 17.8 Å². The number of rotatable bonds is 8. The van der Waals surface area contributed by atoms with Crippen LogP contribution in [0.1, 0.15) is 37.5 Å². The largest absolute Gasteiger partial charge is 0.497 e. The predicted molar refractivity (Wildman–Crippen MR) is 144 cm³/mol. The van der Waals surface area contributed by atoms with Crippen molar-refractivity contribution in [3.8, 4) is 5.75 Å². The summed E-state index contributed by atoms with van der Waals surface area (Å²) in [6.07, 6.45) is 1.13. The smallest absolute Gasteiger partial charge is 0.408 e. The molecule has 37 heavy (non-hydrogen) atoms. The molecular formula is C28H34N4O5. The van der Waals surface area contributed by atoms with Crippen LogP contribution < -0.4 is 26.7 Å². The van der Waals surface area contributed by atoms with E-state index in [1.54, 1.807) is 71.3 Å². The standard InChI is InChI=1S/C28H34N4O5/c1-18-14-15-32(17-20-8-12-22(36-5)13-9-20)26(34)24(18)31-25(33)23(30-27(35)37-28(2,3)4)16-19-6-10-21(29)11-7-19/h6-15,23H,16-17,29H2,1-5H3,(H,30,35)(H,31,33)/t23-/m0/s1. The Labute approximate surface area is 216 Å². The first-order valence-corrected chi connectivity index (χ1v) is 11.9. The maximum Gasteiger partial charge on any atom is 0.408 e. The molecule has 0 saturated carbocycles. The number of alkyl carbamates (subject to hydrolysis) is 1. The number of hydrogen-bond acceptors (Lipinski definition) is 6. The number of carbonyl (C=O) groups excluding carboxylic acids is 2. The van der Waals surface area contributed by atoms with Crippen molar-refractivity contribution in [3.05, 3.63) is 87.8 Å². The fourth-order valence-corrected chi connectivity index (χ4v) is 3.63. The van der Waals surface area contributed by atoms with Crippen LogP contribution in [0.25, 0.3) is 0 Å². The zero-order valence-electron chi connectivity index (χ0n) is 21.8. The second-order valence-electron chi connectivity index (χ2n) is 9.79. The van der Waals surface area contributed by atoms with Gasteiger partial charge in [0.2, 0.25) is 5.91 Å². The highest BCUT2D eigenvalue weighted by Crippen LogP contribution is 2.15. The first kappa shape index (κ1) is 27.3. The van der Waals surface area contributed by atoms with Crippen molar-refractivity contribution in [1.29, 1.82) is 0 Å². The molecule has 2 amide bonds.